The van der Waals surface area contributed by atoms with Gasteiger partial charge in [-0.15, -0.1) is 0 Å². The molecule has 5 N–H and O–H groups in total. The van der Waals surface area contributed by atoms with Gasteiger partial charge in [-0.05, 0) is 42.5 Å². The van der Waals surface area contributed by atoms with Gasteiger partial charge >= 0.3 is 6.18 Å². The highest BCUT2D eigenvalue weighted by Crippen LogP contribution is 2.45. The third-order valence-corrected chi connectivity index (χ3v) is 5.78. The molecule has 0 bridgehead atoms. The topological polar surface area (TPSA) is 122 Å². The average molecular weight is 526 g/mol. The SMILES string of the molecule is Nc1c(C=O)cc(NC(=O)c2cc(F)cc(C(F)(F)F)c2)c2c1C(=O)NC2(O)c1ccc(F)cc1Cl. The number of alkyl halides is 3. The molecular formula is C23H13ClF5N3O4. The Labute approximate surface area is 203 Å². The summed E-state index contributed by atoms with van der Waals surface area (Å²) in [5.74, 6) is -4.38. The van der Waals surface area contributed by atoms with Crippen LogP contribution in [0.3, 0.4) is 0 Å². The highest BCUT2D eigenvalue weighted by atomic mass is 35.5. The summed E-state index contributed by atoms with van der Waals surface area (Å²) < 4.78 is 66.7. The third-order valence-electron chi connectivity index (χ3n) is 5.47. The molecule has 0 aromatic heterocycles. The summed E-state index contributed by atoms with van der Waals surface area (Å²) in [4.78, 5) is 37.1. The Bertz CT molecular complexity index is 1460. The first kappa shape index (κ1) is 25.1. The highest BCUT2D eigenvalue weighted by Gasteiger charge is 2.48. The summed E-state index contributed by atoms with van der Waals surface area (Å²) in [5.41, 5.74) is -0.973. The second kappa shape index (κ2) is 8.57. The number of benzene rings is 3. The second-order valence-corrected chi connectivity index (χ2v) is 8.17. The van der Waals surface area contributed by atoms with Gasteiger partial charge in [0.15, 0.2) is 12.0 Å². The number of nitrogens with two attached hydrogens (primary N) is 1. The van der Waals surface area contributed by atoms with Crippen LogP contribution in [0, 0.1) is 11.6 Å². The Hall–Kier alpha value is -4.03. The first-order chi connectivity index (χ1) is 16.8. The van der Waals surface area contributed by atoms with E-state index in [1.807, 2.05) is 0 Å². The maximum absolute atomic E-state index is 13.8. The molecule has 3 aromatic carbocycles. The van der Waals surface area contributed by atoms with E-state index in [-0.39, 0.29) is 34.2 Å². The largest absolute Gasteiger partial charge is 0.416 e. The number of nitrogens with one attached hydrogen (secondary N) is 2. The van der Waals surface area contributed by atoms with Crippen LogP contribution in [0.15, 0.2) is 42.5 Å². The van der Waals surface area contributed by atoms with Gasteiger partial charge in [-0.25, -0.2) is 8.78 Å². The van der Waals surface area contributed by atoms with Gasteiger partial charge in [0, 0.05) is 22.3 Å². The lowest BCUT2D eigenvalue weighted by molar-refractivity contribution is -0.137. The average Bonchev–Trinajstić information content (AvgIpc) is 3.06. The summed E-state index contributed by atoms with van der Waals surface area (Å²) in [6.07, 6.45) is -4.72. The monoisotopic (exact) mass is 525 g/mol. The number of carbonyl (C=O) groups is 3. The molecule has 0 fully saturated rings. The fraction of sp³-hybridized carbons (Fsp3) is 0.0870. The minimum Gasteiger partial charge on any atom is -0.397 e. The number of amides is 2. The summed E-state index contributed by atoms with van der Waals surface area (Å²) in [6, 6.07) is 4.90. The van der Waals surface area contributed by atoms with Crippen LogP contribution in [0.2, 0.25) is 5.02 Å². The summed E-state index contributed by atoms with van der Waals surface area (Å²) in [6.45, 7) is 0. The molecule has 0 aliphatic carbocycles. The number of hydrogen-bond donors (Lipinski definition) is 4. The second-order valence-electron chi connectivity index (χ2n) is 7.76. The fourth-order valence-corrected chi connectivity index (χ4v) is 4.18. The molecule has 1 aliphatic heterocycles. The molecule has 1 atom stereocenters. The third kappa shape index (κ3) is 4.14. The van der Waals surface area contributed by atoms with Crippen LogP contribution in [0.4, 0.5) is 33.3 Å². The van der Waals surface area contributed by atoms with Gasteiger partial charge in [-0.3, -0.25) is 14.4 Å². The smallest absolute Gasteiger partial charge is 0.397 e. The lowest BCUT2D eigenvalue weighted by Crippen LogP contribution is -2.41. The predicted molar refractivity (Wildman–Crippen MR) is 117 cm³/mol. The van der Waals surface area contributed by atoms with Gasteiger partial charge in [0.05, 0.1) is 27.5 Å². The van der Waals surface area contributed by atoms with E-state index in [1.54, 1.807) is 0 Å². The van der Waals surface area contributed by atoms with E-state index in [4.69, 9.17) is 17.3 Å². The fourth-order valence-electron chi connectivity index (χ4n) is 3.88. The molecule has 4 rings (SSSR count). The predicted octanol–water partition coefficient (Wildman–Crippen LogP) is 4.22. The van der Waals surface area contributed by atoms with Crippen molar-refractivity contribution in [3.8, 4) is 0 Å². The molecule has 1 unspecified atom stereocenters. The summed E-state index contributed by atoms with van der Waals surface area (Å²) >= 11 is 6.07. The lowest BCUT2D eigenvalue weighted by atomic mass is 9.90. The molecule has 13 heteroatoms. The number of carbonyl (C=O) groups excluding carboxylic acids is 3. The number of rotatable bonds is 4. The number of aldehydes is 1. The number of aliphatic hydroxyl groups is 1. The van der Waals surface area contributed by atoms with Crippen LogP contribution in [-0.4, -0.2) is 23.2 Å². The zero-order valence-corrected chi connectivity index (χ0v) is 18.4. The number of hydrogen-bond acceptors (Lipinski definition) is 5. The van der Waals surface area contributed by atoms with Crippen LogP contribution in [0.25, 0.3) is 0 Å². The van der Waals surface area contributed by atoms with Gasteiger partial charge in [-0.2, -0.15) is 13.2 Å². The molecule has 1 aliphatic rings. The maximum Gasteiger partial charge on any atom is 0.416 e. The van der Waals surface area contributed by atoms with Crippen molar-refractivity contribution in [3.05, 3.63) is 92.5 Å². The minimum absolute atomic E-state index is 0.195. The lowest BCUT2D eigenvalue weighted by Gasteiger charge is -2.27. The minimum atomic E-state index is -4.96. The van der Waals surface area contributed by atoms with Gasteiger partial charge in [0.25, 0.3) is 11.8 Å². The van der Waals surface area contributed by atoms with E-state index in [0.29, 0.717) is 12.1 Å². The van der Waals surface area contributed by atoms with Crippen molar-refractivity contribution in [2.45, 2.75) is 11.9 Å². The van der Waals surface area contributed by atoms with Crippen LogP contribution in [0.5, 0.6) is 0 Å². The molecule has 0 saturated carbocycles. The van der Waals surface area contributed by atoms with Crippen molar-refractivity contribution in [1.82, 2.24) is 5.32 Å². The normalized spacial score (nSPS) is 16.9. The number of fused-ring (bicyclic) bond motifs is 1. The van der Waals surface area contributed by atoms with E-state index in [0.717, 1.165) is 24.3 Å². The molecule has 186 valence electrons. The van der Waals surface area contributed by atoms with Crippen molar-refractivity contribution >= 4 is 41.1 Å². The molecule has 7 nitrogen and oxygen atoms in total. The molecular weight excluding hydrogens is 513 g/mol. The maximum atomic E-state index is 13.8. The zero-order valence-electron chi connectivity index (χ0n) is 17.6. The number of anilines is 2. The quantitative estimate of drug-likeness (QED) is 0.231. The standard InChI is InChI=1S/C23H13ClF5N3O4/c24-15-7-12(25)1-2-14(15)22(36)18-16(5-10(8-33)19(30)17(18)21(35)32-22)31-20(34)9-3-11(23(27,28)29)6-13(26)4-9/h1-8,36H,30H2,(H,31,34)(H,32,35). The van der Waals surface area contributed by atoms with Crippen molar-refractivity contribution < 1.29 is 41.4 Å². The van der Waals surface area contributed by atoms with E-state index in [9.17, 15) is 41.4 Å². The Morgan fingerprint density at radius 1 is 1.11 bits per heavy atom. The van der Waals surface area contributed by atoms with E-state index >= 15 is 0 Å². The molecule has 3 aromatic rings. The van der Waals surface area contributed by atoms with Gasteiger partial charge in [-0.1, -0.05) is 11.6 Å². The van der Waals surface area contributed by atoms with Crippen molar-refractivity contribution in [2.75, 3.05) is 11.1 Å². The first-order valence-corrected chi connectivity index (χ1v) is 10.3. The van der Waals surface area contributed by atoms with Crippen LogP contribution >= 0.6 is 11.6 Å². The van der Waals surface area contributed by atoms with Gasteiger partial charge in [0.2, 0.25) is 0 Å². The van der Waals surface area contributed by atoms with Crippen LogP contribution in [0.1, 0.15) is 47.8 Å². The van der Waals surface area contributed by atoms with Crippen molar-refractivity contribution in [1.29, 1.82) is 0 Å². The number of halogens is 6. The van der Waals surface area contributed by atoms with Crippen LogP contribution in [-0.2, 0) is 11.9 Å². The Kier molecular flexibility index (Phi) is 5.97. The molecule has 2 amide bonds. The van der Waals surface area contributed by atoms with Crippen molar-refractivity contribution in [2.24, 2.45) is 0 Å². The van der Waals surface area contributed by atoms with Crippen molar-refractivity contribution in [3.63, 3.8) is 0 Å². The molecule has 0 spiro atoms. The van der Waals surface area contributed by atoms with Crippen LogP contribution < -0.4 is 16.4 Å². The highest BCUT2D eigenvalue weighted by molar-refractivity contribution is 6.31. The molecule has 0 saturated heterocycles. The Morgan fingerprint density at radius 2 is 1.81 bits per heavy atom. The summed E-state index contributed by atoms with van der Waals surface area (Å²) in [5, 5.41) is 15.5. The number of nitrogen functional groups attached to an aromatic ring is 1. The molecule has 1 heterocycles. The molecule has 0 radical (unpaired) electrons. The van der Waals surface area contributed by atoms with Gasteiger partial charge < -0.3 is 21.5 Å². The molecule has 36 heavy (non-hydrogen) atoms. The van der Waals surface area contributed by atoms with E-state index in [1.165, 1.54) is 0 Å². The zero-order chi connectivity index (χ0) is 26.6. The Morgan fingerprint density at radius 3 is 2.42 bits per heavy atom. The van der Waals surface area contributed by atoms with Gasteiger partial charge in [0.1, 0.15) is 11.6 Å². The first-order valence-electron chi connectivity index (χ1n) is 9.88. The van der Waals surface area contributed by atoms with E-state index in [2.05, 4.69) is 10.6 Å². The van der Waals surface area contributed by atoms with E-state index < -0.39 is 63.3 Å². The summed E-state index contributed by atoms with van der Waals surface area (Å²) in [7, 11) is 0. The Balaban J connectivity index is 1.90.